The number of hydrogen-bond acceptors (Lipinski definition) is 5. The third-order valence-electron chi connectivity index (χ3n) is 4.65. The number of benzene rings is 2. The van der Waals surface area contributed by atoms with E-state index in [9.17, 15) is 9.59 Å². The second-order valence-corrected chi connectivity index (χ2v) is 6.66. The Bertz CT molecular complexity index is 1040. The lowest BCUT2D eigenvalue weighted by atomic mass is 10.1. The molecule has 28 heavy (non-hydrogen) atoms. The van der Waals surface area contributed by atoms with Gasteiger partial charge in [0.15, 0.2) is 17.6 Å². The molecular formula is C21H21N3O4. The monoisotopic (exact) mass is 379 g/mol. The van der Waals surface area contributed by atoms with Gasteiger partial charge in [0.1, 0.15) is 11.3 Å². The third kappa shape index (κ3) is 3.43. The number of fused-ring (bicyclic) bond motifs is 2. The molecule has 1 aromatic heterocycles. The van der Waals surface area contributed by atoms with Crippen LogP contribution in [0.4, 0.5) is 11.4 Å². The van der Waals surface area contributed by atoms with E-state index in [2.05, 4.69) is 10.3 Å². The van der Waals surface area contributed by atoms with E-state index in [1.54, 1.807) is 30.0 Å². The largest absolute Gasteiger partial charge is 0.479 e. The molecule has 2 heterocycles. The van der Waals surface area contributed by atoms with Gasteiger partial charge in [0, 0.05) is 25.1 Å². The SMILES string of the molecule is CCc1nc2cc(NC(=O)CCN3C(=O)C(C)Oc4ccccc43)ccc2o1. The number of anilines is 2. The number of oxazole rings is 1. The summed E-state index contributed by atoms with van der Waals surface area (Å²) in [5, 5.41) is 2.86. The Balaban J connectivity index is 1.44. The molecule has 7 heteroatoms. The van der Waals surface area contributed by atoms with Crippen molar-refractivity contribution in [2.24, 2.45) is 0 Å². The molecule has 0 spiro atoms. The summed E-state index contributed by atoms with van der Waals surface area (Å²) in [5.74, 6) is 0.987. The smallest absolute Gasteiger partial charge is 0.267 e. The van der Waals surface area contributed by atoms with Crippen LogP contribution in [-0.2, 0) is 16.0 Å². The van der Waals surface area contributed by atoms with Gasteiger partial charge < -0.3 is 19.4 Å². The van der Waals surface area contributed by atoms with Crippen molar-refractivity contribution in [2.45, 2.75) is 32.8 Å². The molecule has 1 N–H and O–H groups in total. The molecule has 0 saturated heterocycles. The van der Waals surface area contributed by atoms with Gasteiger partial charge in [0.2, 0.25) is 5.91 Å². The van der Waals surface area contributed by atoms with Gasteiger partial charge in [0.25, 0.3) is 5.91 Å². The van der Waals surface area contributed by atoms with E-state index >= 15 is 0 Å². The van der Waals surface area contributed by atoms with Crippen molar-refractivity contribution < 1.29 is 18.7 Å². The van der Waals surface area contributed by atoms with Gasteiger partial charge in [-0.1, -0.05) is 19.1 Å². The second-order valence-electron chi connectivity index (χ2n) is 6.66. The number of amides is 2. The predicted molar refractivity (Wildman–Crippen MR) is 106 cm³/mol. The molecule has 2 aromatic carbocycles. The van der Waals surface area contributed by atoms with Crippen molar-refractivity contribution in [1.82, 2.24) is 4.98 Å². The highest BCUT2D eigenvalue weighted by Crippen LogP contribution is 2.33. The molecule has 0 bridgehead atoms. The van der Waals surface area contributed by atoms with Crippen molar-refractivity contribution in [3.63, 3.8) is 0 Å². The van der Waals surface area contributed by atoms with Crippen molar-refractivity contribution >= 4 is 34.3 Å². The van der Waals surface area contributed by atoms with Crippen LogP contribution in [0.1, 0.15) is 26.2 Å². The number of hydrogen-bond donors (Lipinski definition) is 1. The molecule has 0 saturated carbocycles. The van der Waals surface area contributed by atoms with Crippen LogP contribution >= 0.6 is 0 Å². The lowest BCUT2D eigenvalue weighted by molar-refractivity contribution is -0.125. The van der Waals surface area contributed by atoms with Crippen LogP contribution in [0.2, 0.25) is 0 Å². The van der Waals surface area contributed by atoms with Crippen LogP contribution in [0.5, 0.6) is 5.75 Å². The maximum atomic E-state index is 12.5. The summed E-state index contributed by atoms with van der Waals surface area (Å²) < 4.78 is 11.2. The van der Waals surface area contributed by atoms with E-state index in [1.165, 1.54) is 0 Å². The van der Waals surface area contributed by atoms with E-state index in [0.29, 0.717) is 40.5 Å². The number of rotatable bonds is 5. The number of aromatic nitrogens is 1. The Morgan fingerprint density at radius 2 is 2.07 bits per heavy atom. The molecule has 0 fully saturated rings. The Hall–Kier alpha value is -3.35. The normalized spacial score (nSPS) is 16.0. The summed E-state index contributed by atoms with van der Waals surface area (Å²) in [6, 6.07) is 12.7. The Morgan fingerprint density at radius 1 is 1.25 bits per heavy atom. The topological polar surface area (TPSA) is 84.7 Å². The van der Waals surface area contributed by atoms with Gasteiger partial charge in [-0.2, -0.15) is 0 Å². The Morgan fingerprint density at radius 3 is 2.89 bits per heavy atom. The van der Waals surface area contributed by atoms with Gasteiger partial charge in [-0.3, -0.25) is 9.59 Å². The summed E-state index contributed by atoms with van der Waals surface area (Å²) in [4.78, 5) is 30.9. The average molecular weight is 379 g/mol. The van der Waals surface area contributed by atoms with Crippen LogP contribution in [-0.4, -0.2) is 29.4 Å². The average Bonchev–Trinajstić information content (AvgIpc) is 3.11. The zero-order valence-corrected chi connectivity index (χ0v) is 15.8. The van der Waals surface area contributed by atoms with Crippen LogP contribution in [0, 0.1) is 0 Å². The highest BCUT2D eigenvalue weighted by molar-refractivity contribution is 6.01. The quantitative estimate of drug-likeness (QED) is 0.733. The van der Waals surface area contributed by atoms with Gasteiger partial charge in [-0.05, 0) is 37.3 Å². The fraction of sp³-hybridized carbons (Fsp3) is 0.286. The summed E-state index contributed by atoms with van der Waals surface area (Å²) in [6.45, 7) is 3.96. The number of para-hydroxylation sites is 2. The molecule has 1 atom stereocenters. The molecule has 7 nitrogen and oxygen atoms in total. The molecule has 4 rings (SSSR count). The van der Waals surface area contributed by atoms with Crippen molar-refractivity contribution in [3.8, 4) is 5.75 Å². The van der Waals surface area contributed by atoms with Crippen LogP contribution < -0.4 is 15.0 Å². The van der Waals surface area contributed by atoms with Gasteiger partial charge >= 0.3 is 0 Å². The highest BCUT2D eigenvalue weighted by atomic mass is 16.5. The number of ether oxygens (including phenoxy) is 1. The molecule has 1 aliphatic heterocycles. The first kappa shape index (κ1) is 18.0. The minimum absolute atomic E-state index is 0.150. The molecule has 0 radical (unpaired) electrons. The lowest BCUT2D eigenvalue weighted by Crippen LogP contribution is -2.45. The van der Waals surface area contributed by atoms with Gasteiger partial charge in [0.05, 0.1) is 5.69 Å². The summed E-state index contributed by atoms with van der Waals surface area (Å²) in [7, 11) is 0. The van der Waals surface area contributed by atoms with E-state index < -0.39 is 6.10 Å². The Kier molecular flexibility index (Phi) is 4.73. The van der Waals surface area contributed by atoms with Gasteiger partial charge in [-0.15, -0.1) is 0 Å². The fourth-order valence-electron chi connectivity index (χ4n) is 3.23. The molecule has 144 valence electrons. The zero-order chi connectivity index (χ0) is 19.7. The number of aryl methyl sites for hydroxylation is 1. The molecule has 1 aliphatic rings. The highest BCUT2D eigenvalue weighted by Gasteiger charge is 2.31. The maximum Gasteiger partial charge on any atom is 0.267 e. The summed E-state index contributed by atoms with van der Waals surface area (Å²) >= 11 is 0. The van der Waals surface area contributed by atoms with Gasteiger partial charge in [-0.25, -0.2) is 4.98 Å². The molecule has 0 aliphatic carbocycles. The number of nitrogens with one attached hydrogen (secondary N) is 1. The fourth-order valence-corrected chi connectivity index (χ4v) is 3.23. The molecule has 2 amide bonds. The van der Waals surface area contributed by atoms with Crippen molar-refractivity contribution in [1.29, 1.82) is 0 Å². The van der Waals surface area contributed by atoms with E-state index in [1.807, 2.05) is 31.2 Å². The first-order chi connectivity index (χ1) is 13.5. The summed E-state index contributed by atoms with van der Waals surface area (Å²) in [5.41, 5.74) is 2.74. The first-order valence-electron chi connectivity index (χ1n) is 9.31. The Labute approximate surface area is 162 Å². The zero-order valence-electron chi connectivity index (χ0n) is 15.8. The summed E-state index contributed by atoms with van der Waals surface area (Å²) in [6.07, 6.45) is 0.313. The van der Waals surface area contributed by atoms with Crippen LogP contribution in [0.15, 0.2) is 46.9 Å². The predicted octanol–water partition coefficient (Wildman–Crippen LogP) is 3.53. The number of carbonyl (C=O) groups is 2. The molecule has 3 aromatic rings. The number of carbonyl (C=O) groups excluding carboxylic acids is 2. The minimum Gasteiger partial charge on any atom is -0.479 e. The van der Waals surface area contributed by atoms with Crippen molar-refractivity contribution in [2.75, 3.05) is 16.8 Å². The van der Waals surface area contributed by atoms with E-state index in [4.69, 9.17) is 9.15 Å². The first-order valence-corrected chi connectivity index (χ1v) is 9.31. The molecular weight excluding hydrogens is 358 g/mol. The van der Waals surface area contributed by atoms with E-state index in [-0.39, 0.29) is 24.8 Å². The van der Waals surface area contributed by atoms with E-state index in [0.717, 1.165) is 0 Å². The lowest BCUT2D eigenvalue weighted by Gasteiger charge is -2.32. The third-order valence-corrected chi connectivity index (χ3v) is 4.65. The van der Waals surface area contributed by atoms with Crippen LogP contribution in [0.25, 0.3) is 11.1 Å². The standard InChI is InChI=1S/C21H21N3O4/c1-3-20-23-15-12-14(8-9-17(15)28-20)22-19(25)10-11-24-16-6-4-5-7-18(16)27-13(2)21(24)26/h4-9,12-13H,3,10-11H2,1-2H3,(H,22,25). The molecule has 1 unspecified atom stereocenters. The maximum absolute atomic E-state index is 12.5. The van der Waals surface area contributed by atoms with Crippen LogP contribution in [0.3, 0.4) is 0 Å². The second kappa shape index (κ2) is 7.34. The van der Waals surface area contributed by atoms with Crippen molar-refractivity contribution in [3.05, 3.63) is 48.4 Å². The minimum atomic E-state index is -0.569. The number of nitrogens with zero attached hydrogens (tertiary/aromatic N) is 2.